The van der Waals surface area contributed by atoms with E-state index < -0.39 is 15.2 Å². The van der Waals surface area contributed by atoms with Crippen LogP contribution >= 0.6 is 0 Å². The molecule has 0 heterocycles. The first-order valence-electron chi connectivity index (χ1n) is 7.26. The Morgan fingerprint density at radius 3 is 1.65 bits per heavy atom. The number of hydrogen-bond donors (Lipinski definition) is 0. The lowest BCUT2D eigenvalue weighted by atomic mass is 10.1. The van der Waals surface area contributed by atoms with Gasteiger partial charge in [0.15, 0.2) is 0 Å². The zero-order valence-electron chi connectivity index (χ0n) is 12.7. The zero-order chi connectivity index (χ0) is 15.5. The average molecular weight is 316 g/mol. The van der Waals surface area contributed by atoms with Crippen LogP contribution in [0, 0.1) is 0 Å². The summed E-state index contributed by atoms with van der Waals surface area (Å²) < 4.78 is 50.8. The van der Waals surface area contributed by atoms with E-state index in [4.69, 9.17) is 8.85 Å². The van der Waals surface area contributed by atoms with Crippen molar-refractivity contribution in [3.05, 3.63) is 0 Å². The molecule has 0 rings (SSSR count). The fraction of sp³-hybridized carbons (Fsp3) is 1.00. The summed E-state index contributed by atoms with van der Waals surface area (Å²) in [5.74, 6) is 0. The Balaban J connectivity index is 3.87. The van der Waals surface area contributed by atoms with E-state index in [1.807, 2.05) is 0 Å². The Morgan fingerprint density at radius 2 is 1.25 bits per heavy atom. The van der Waals surface area contributed by atoms with Crippen LogP contribution in [0.4, 0.5) is 13.2 Å². The lowest BCUT2D eigenvalue weighted by molar-refractivity contribution is -0.296. The molecule has 20 heavy (non-hydrogen) atoms. The van der Waals surface area contributed by atoms with Crippen molar-refractivity contribution in [3.63, 3.8) is 0 Å². The van der Waals surface area contributed by atoms with E-state index in [0.29, 0.717) is 6.42 Å². The molecule has 0 radical (unpaired) electrons. The van der Waals surface area contributed by atoms with Crippen molar-refractivity contribution in [3.8, 4) is 0 Å². The fourth-order valence-corrected chi connectivity index (χ4v) is 3.95. The van der Waals surface area contributed by atoms with Crippen LogP contribution in [0.3, 0.4) is 0 Å². The summed E-state index contributed by atoms with van der Waals surface area (Å²) in [5.41, 5.74) is 0. The molecule has 0 amide bonds. The van der Waals surface area contributed by atoms with E-state index in [0.717, 1.165) is 19.3 Å². The first-order chi connectivity index (χ1) is 9.39. The highest BCUT2D eigenvalue weighted by atomic mass is 28.4. The first kappa shape index (κ1) is 19.9. The van der Waals surface area contributed by atoms with Gasteiger partial charge < -0.3 is 8.85 Å². The third kappa shape index (κ3) is 9.74. The monoisotopic (exact) mass is 316 g/mol. The molecule has 0 aliphatic heterocycles. The molecule has 0 N–H and O–H groups in total. The summed E-state index contributed by atoms with van der Waals surface area (Å²) >= 11 is 0. The zero-order valence-corrected chi connectivity index (χ0v) is 13.7. The molecule has 122 valence electrons. The van der Waals surface area contributed by atoms with Crippen molar-refractivity contribution in [1.29, 1.82) is 0 Å². The molecule has 0 aliphatic rings. The van der Waals surface area contributed by atoms with Crippen LogP contribution in [-0.4, -0.2) is 29.4 Å². The highest BCUT2D eigenvalue weighted by Crippen LogP contribution is 2.28. The SMILES string of the molecule is CCCCCCCCCC[Si](OC)(OC)OC(F)(F)F. The lowest BCUT2D eigenvalue weighted by Crippen LogP contribution is -2.47. The van der Waals surface area contributed by atoms with Gasteiger partial charge in [0.25, 0.3) is 0 Å². The van der Waals surface area contributed by atoms with Gasteiger partial charge in [-0.3, -0.25) is 4.43 Å². The summed E-state index contributed by atoms with van der Waals surface area (Å²) in [6.45, 7) is 2.17. The maximum Gasteiger partial charge on any atom is 0.516 e. The Hall–Kier alpha value is -0.113. The van der Waals surface area contributed by atoms with Crippen LogP contribution in [0.1, 0.15) is 58.3 Å². The molecule has 3 nitrogen and oxygen atoms in total. The molecule has 0 saturated carbocycles. The Bertz CT molecular complexity index is 233. The molecule has 0 fully saturated rings. The van der Waals surface area contributed by atoms with E-state index in [9.17, 15) is 13.2 Å². The quantitative estimate of drug-likeness (QED) is 0.379. The molecule has 0 aromatic heterocycles. The van der Waals surface area contributed by atoms with Gasteiger partial charge in [0.2, 0.25) is 0 Å². The molecule has 0 aromatic carbocycles. The minimum Gasteiger partial charge on any atom is -0.377 e. The van der Waals surface area contributed by atoms with E-state index in [-0.39, 0.29) is 6.04 Å². The van der Waals surface area contributed by atoms with Crippen molar-refractivity contribution in [1.82, 2.24) is 0 Å². The Kier molecular flexibility index (Phi) is 10.5. The molecule has 0 unspecified atom stereocenters. The average Bonchev–Trinajstić information content (AvgIpc) is 2.39. The summed E-state index contributed by atoms with van der Waals surface area (Å²) in [7, 11) is -1.16. The van der Waals surface area contributed by atoms with E-state index >= 15 is 0 Å². The standard InChI is InChI=1S/C13H27F3O3Si/c1-4-5-6-7-8-9-10-11-12-20(17-2,18-3)19-13(14,15)16/h4-12H2,1-3H3. The maximum absolute atomic E-state index is 12.3. The van der Waals surface area contributed by atoms with Gasteiger partial charge in [0.1, 0.15) is 0 Å². The van der Waals surface area contributed by atoms with E-state index in [2.05, 4.69) is 11.3 Å². The third-order valence-electron chi connectivity index (χ3n) is 3.23. The highest BCUT2D eigenvalue weighted by molar-refractivity contribution is 6.60. The van der Waals surface area contributed by atoms with Gasteiger partial charge in [-0.1, -0.05) is 51.9 Å². The van der Waals surface area contributed by atoms with Gasteiger partial charge in [-0.15, -0.1) is 13.2 Å². The molecule has 0 saturated heterocycles. The third-order valence-corrected chi connectivity index (χ3v) is 5.98. The Morgan fingerprint density at radius 1 is 0.800 bits per heavy atom. The van der Waals surface area contributed by atoms with Crippen LogP contribution < -0.4 is 0 Å². The fourth-order valence-electron chi connectivity index (χ4n) is 2.07. The van der Waals surface area contributed by atoms with Crippen molar-refractivity contribution < 1.29 is 26.4 Å². The summed E-state index contributed by atoms with van der Waals surface area (Å²) in [6.07, 6.45) is 3.88. The van der Waals surface area contributed by atoms with Crippen molar-refractivity contribution >= 4 is 8.80 Å². The smallest absolute Gasteiger partial charge is 0.377 e. The first-order valence-corrected chi connectivity index (χ1v) is 9.19. The second-order valence-electron chi connectivity index (χ2n) is 4.86. The van der Waals surface area contributed by atoms with Crippen molar-refractivity contribution in [2.24, 2.45) is 0 Å². The normalized spacial score (nSPS) is 12.9. The van der Waals surface area contributed by atoms with Crippen LogP contribution in [0.5, 0.6) is 0 Å². The van der Waals surface area contributed by atoms with Gasteiger partial charge in [-0.25, -0.2) is 0 Å². The van der Waals surface area contributed by atoms with Gasteiger partial charge in [-0.05, 0) is 6.42 Å². The molecule has 0 spiro atoms. The van der Waals surface area contributed by atoms with Crippen LogP contribution in [-0.2, 0) is 13.3 Å². The number of hydrogen-bond acceptors (Lipinski definition) is 3. The molecular weight excluding hydrogens is 289 g/mol. The number of alkyl halides is 3. The van der Waals surface area contributed by atoms with Gasteiger partial charge in [0.05, 0.1) is 0 Å². The van der Waals surface area contributed by atoms with Crippen molar-refractivity contribution in [2.45, 2.75) is 70.7 Å². The largest absolute Gasteiger partial charge is 0.516 e. The van der Waals surface area contributed by atoms with Gasteiger partial charge in [-0.2, -0.15) is 0 Å². The second-order valence-corrected chi connectivity index (χ2v) is 7.75. The Labute approximate surface area is 121 Å². The molecule has 0 bridgehead atoms. The number of unbranched alkanes of at least 4 members (excludes halogenated alkanes) is 7. The predicted octanol–water partition coefficient (Wildman–Crippen LogP) is 4.90. The maximum atomic E-state index is 12.3. The lowest BCUT2D eigenvalue weighted by Gasteiger charge is -2.27. The van der Waals surface area contributed by atoms with Gasteiger partial charge in [0, 0.05) is 20.3 Å². The minimum atomic E-state index is -4.71. The van der Waals surface area contributed by atoms with Crippen LogP contribution in [0.15, 0.2) is 0 Å². The number of rotatable bonds is 12. The summed E-state index contributed by atoms with van der Waals surface area (Å²) in [5, 5.41) is 0. The van der Waals surface area contributed by atoms with Crippen LogP contribution in [0.2, 0.25) is 6.04 Å². The van der Waals surface area contributed by atoms with Gasteiger partial charge >= 0.3 is 15.2 Å². The second kappa shape index (κ2) is 10.6. The molecule has 0 aliphatic carbocycles. The summed E-state index contributed by atoms with van der Waals surface area (Å²) in [4.78, 5) is 0. The molecule has 0 atom stereocenters. The number of halogens is 3. The minimum absolute atomic E-state index is 0.203. The molecule has 7 heteroatoms. The van der Waals surface area contributed by atoms with Crippen LogP contribution in [0.25, 0.3) is 0 Å². The topological polar surface area (TPSA) is 27.7 Å². The summed E-state index contributed by atoms with van der Waals surface area (Å²) in [6, 6.07) is 0.203. The highest BCUT2D eigenvalue weighted by Gasteiger charge is 2.49. The van der Waals surface area contributed by atoms with E-state index in [1.54, 1.807) is 0 Å². The van der Waals surface area contributed by atoms with E-state index in [1.165, 1.54) is 39.9 Å². The predicted molar refractivity (Wildman–Crippen MR) is 74.3 cm³/mol. The van der Waals surface area contributed by atoms with Crippen molar-refractivity contribution in [2.75, 3.05) is 14.2 Å². The molecule has 0 aromatic rings. The molecular formula is C13H27F3O3Si.